The van der Waals surface area contributed by atoms with Crippen molar-refractivity contribution >= 4 is 12.2 Å². The van der Waals surface area contributed by atoms with E-state index in [2.05, 4.69) is 5.10 Å². The summed E-state index contributed by atoms with van der Waals surface area (Å²) in [6, 6.07) is 1.88. The molecule has 0 saturated carbocycles. The molecule has 43 heavy (non-hydrogen) atoms. The van der Waals surface area contributed by atoms with Gasteiger partial charge in [-0.1, -0.05) is 6.92 Å². The molecule has 0 bridgehead atoms. The van der Waals surface area contributed by atoms with Crippen LogP contribution in [-0.4, -0.2) is 63.1 Å². The van der Waals surface area contributed by atoms with Gasteiger partial charge >= 0.3 is 24.5 Å². The first-order valence-corrected chi connectivity index (χ1v) is 14.0. The highest BCUT2D eigenvalue weighted by Gasteiger charge is 2.45. The summed E-state index contributed by atoms with van der Waals surface area (Å²) < 4.78 is 94.0. The number of methoxy groups -OCH3 is 1. The molecule has 1 aliphatic rings. The Bertz CT molecular complexity index is 1240. The summed E-state index contributed by atoms with van der Waals surface area (Å²) in [4.78, 5) is 29.2. The Hall–Kier alpha value is -3.45. The van der Waals surface area contributed by atoms with Crippen LogP contribution in [0.1, 0.15) is 69.8 Å². The molecule has 14 heteroatoms. The second-order valence-corrected chi connectivity index (χ2v) is 11.5. The van der Waals surface area contributed by atoms with Gasteiger partial charge in [0.1, 0.15) is 5.60 Å². The van der Waals surface area contributed by atoms with Crippen LogP contribution in [0.4, 0.5) is 35.9 Å². The molecule has 3 rings (SSSR count). The molecule has 2 heterocycles. The molecule has 2 aromatic rings. The van der Waals surface area contributed by atoms with E-state index in [1.807, 2.05) is 13.8 Å². The molecule has 1 fully saturated rings. The van der Waals surface area contributed by atoms with Gasteiger partial charge < -0.3 is 19.3 Å². The molecular formula is C29H38F6N4O4. The third-order valence-electron chi connectivity index (χ3n) is 7.46. The van der Waals surface area contributed by atoms with E-state index >= 15 is 0 Å². The van der Waals surface area contributed by atoms with Gasteiger partial charge in [-0.2, -0.15) is 31.4 Å². The molecule has 0 spiro atoms. The van der Waals surface area contributed by atoms with Crippen LogP contribution in [0.3, 0.4) is 0 Å². The minimum absolute atomic E-state index is 0.0487. The lowest BCUT2D eigenvalue weighted by molar-refractivity contribution is -0.143. The highest BCUT2D eigenvalue weighted by Crippen LogP contribution is 2.38. The Balaban J connectivity index is 2.10. The van der Waals surface area contributed by atoms with Crippen LogP contribution in [0.15, 0.2) is 30.5 Å². The van der Waals surface area contributed by atoms with E-state index in [0.717, 1.165) is 12.8 Å². The van der Waals surface area contributed by atoms with Crippen molar-refractivity contribution < 1.29 is 45.4 Å². The number of aryl methyl sites for hydroxylation is 1. The molecular weight excluding hydrogens is 582 g/mol. The lowest BCUT2D eigenvalue weighted by Gasteiger charge is -2.48. The summed E-state index contributed by atoms with van der Waals surface area (Å²) in [6.07, 6.45) is -8.99. The average molecular weight is 621 g/mol. The molecule has 3 unspecified atom stereocenters. The largest absolute Gasteiger partial charge is 0.453 e. The number of halogens is 6. The van der Waals surface area contributed by atoms with E-state index in [9.17, 15) is 35.9 Å². The summed E-state index contributed by atoms with van der Waals surface area (Å²) in [5.41, 5.74) is -3.29. The summed E-state index contributed by atoms with van der Waals surface area (Å²) in [7, 11) is 1.09. The van der Waals surface area contributed by atoms with E-state index in [1.165, 1.54) is 4.90 Å². The van der Waals surface area contributed by atoms with E-state index in [4.69, 9.17) is 9.47 Å². The molecule has 1 saturated heterocycles. The van der Waals surface area contributed by atoms with Gasteiger partial charge in [0.25, 0.3) is 0 Å². The monoisotopic (exact) mass is 620 g/mol. The highest BCUT2D eigenvalue weighted by molar-refractivity contribution is 5.70. The van der Waals surface area contributed by atoms with E-state index in [-0.39, 0.29) is 24.6 Å². The number of ether oxygens (including phenoxy) is 2. The first kappa shape index (κ1) is 34.0. The number of hydrogen-bond donors (Lipinski definition) is 0. The predicted molar refractivity (Wildman–Crippen MR) is 145 cm³/mol. The first-order valence-electron chi connectivity index (χ1n) is 14.0. The number of alkyl halides is 6. The van der Waals surface area contributed by atoms with Crippen molar-refractivity contribution in [3.8, 4) is 0 Å². The third kappa shape index (κ3) is 8.35. The molecule has 240 valence electrons. The lowest BCUT2D eigenvalue weighted by atomic mass is 9.79. The number of nitrogens with zero attached hydrogens (tertiary/aromatic N) is 4. The molecule has 1 aliphatic heterocycles. The van der Waals surface area contributed by atoms with Crippen LogP contribution in [0.5, 0.6) is 0 Å². The molecule has 1 aromatic carbocycles. The number of carbonyl (C=O) groups excluding carboxylic acids is 2. The number of carbonyl (C=O) groups is 2. The molecule has 0 radical (unpaired) electrons. The zero-order valence-corrected chi connectivity index (χ0v) is 25.1. The van der Waals surface area contributed by atoms with Gasteiger partial charge in [0.05, 0.1) is 18.2 Å². The standard InChI is InChI=1S/C29H38F6N4O4/c1-7-23-22(16-21-9-11-36-39(21)8-2)24(10-12-37(23)26(41)43-27(3,4)5)38(25(40)42-6)17-18-13-19(28(30,31)32)15-20(14-18)29(33,34)35/h9,11,13-15,22-24H,7-8,10,12,16-17H2,1-6H3. The third-order valence-corrected chi connectivity index (χ3v) is 7.46. The zero-order valence-electron chi connectivity index (χ0n) is 25.1. The van der Waals surface area contributed by atoms with E-state index in [1.54, 1.807) is 42.6 Å². The van der Waals surface area contributed by atoms with Crippen molar-refractivity contribution in [1.82, 2.24) is 19.6 Å². The normalized spacial score (nSPS) is 19.7. The van der Waals surface area contributed by atoms with Gasteiger partial charge in [0.2, 0.25) is 0 Å². The summed E-state index contributed by atoms with van der Waals surface area (Å²) >= 11 is 0. The quantitative estimate of drug-likeness (QED) is 0.307. The number of aromatic nitrogens is 2. The number of likely N-dealkylation sites (tertiary alicyclic amines) is 1. The Kier molecular flexibility index (Phi) is 10.3. The van der Waals surface area contributed by atoms with Crippen LogP contribution in [-0.2, 0) is 41.3 Å². The van der Waals surface area contributed by atoms with Crippen molar-refractivity contribution in [2.45, 2.75) is 97.0 Å². The number of benzene rings is 1. The van der Waals surface area contributed by atoms with Gasteiger partial charge in [0.15, 0.2) is 0 Å². The SMILES string of the molecule is CCC1C(Cc2ccnn2CC)C(N(Cc2cc(C(F)(F)F)cc(C(F)(F)F)c2)C(=O)OC)CCN1C(=O)OC(C)(C)C. The number of rotatable bonds is 7. The maximum Gasteiger partial charge on any atom is 0.416 e. The van der Waals surface area contributed by atoms with Crippen molar-refractivity contribution in [3.05, 3.63) is 52.8 Å². The summed E-state index contributed by atoms with van der Waals surface area (Å²) in [5, 5.41) is 4.30. The molecule has 1 aromatic heterocycles. The summed E-state index contributed by atoms with van der Waals surface area (Å²) in [6.45, 7) is 9.07. The highest BCUT2D eigenvalue weighted by atomic mass is 19.4. The van der Waals surface area contributed by atoms with Crippen molar-refractivity contribution in [2.75, 3.05) is 13.7 Å². The van der Waals surface area contributed by atoms with Gasteiger partial charge in [-0.05, 0) is 76.8 Å². The molecule has 3 atom stereocenters. The lowest BCUT2D eigenvalue weighted by Crippen LogP contribution is -2.60. The van der Waals surface area contributed by atoms with Crippen molar-refractivity contribution in [3.63, 3.8) is 0 Å². The fourth-order valence-electron chi connectivity index (χ4n) is 5.67. The van der Waals surface area contributed by atoms with Crippen LogP contribution < -0.4 is 0 Å². The van der Waals surface area contributed by atoms with Gasteiger partial charge in [-0.15, -0.1) is 0 Å². The molecule has 2 amide bonds. The van der Waals surface area contributed by atoms with E-state index < -0.39 is 65.8 Å². The second-order valence-electron chi connectivity index (χ2n) is 11.5. The zero-order chi connectivity index (χ0) is 32.3. The van der Waals surface area contributed by atoms with Crippen LogP contribution >= 0.6 is 0 Å². The van der Waals surface area contributed by atoms with Crippen LogP contribution in [0.25, 0.3) is 0 Å². The maximum absolute atomic E-state index is 13.6. The topological polar surface area (TPSA) is 76.9 Å². The number of hydrogen-bond acceptors (Lipinski definition) is 5. The Labute approximate surface area is 246 Å². The van der Waals surface area contributed by atoms with Gasteiger partial charge in [-0.3, -0.25) is 4.68 Å². The Morgan fingerprint density at radius 2 is 1.63 bits per heavy atom. The minimum atomic E-state index is -5.04. The molecule has 0 aliphatic carbocycles. The van der Waals surface area contributed by atoms with Gasteiger partial charge in [0, 0.05) is 49.5 Å². The Morgan fingerprint density at radius 1 is 1.02 bits per heavy atom. The predicted octanol–water partition coefficient (Wildman–Crippen LogP) is 7.16. The summed E-state index contributed by atoms with van der Waals surface area (Å²) in [5.74, 6) is -0.486. The average Bonchev–Trinajstić information content (AvgIpc) is 3.36. The van der Waals surface area contributed by atoms with Crippen molar-refractivity contribution in [2.24, 2.45) is 5.92 Å². The fraction of sp³-hybridized carbons (Fsp3) is 0.621. The molecule has 0 N–H and O–H groups in total. The minimum Gasteiger partial charge on any atom is -0.453 e. The number of piperidine rings is 1. The van der Waals surface area contributed by atoms with Gasteiger partial charge in [-0.25, -0.2) is 9.59 Å². The van der Waals surface area contributed by atoms with E-state index in [0.29, 0.717) is 31.5 Å². The first-order chi connectivity index (χ1) is 19.9. The smallest absolute Gasteiger partial charge is 0.416 e. The fourth-order valence-corrected chi connectivity index (χ4v) is 5.67. The van der Waals surface area contributed by atoms with Crippen LogP contribution in [0.2, 0.25) is 0 Å². The Morgan fingerprint density at radius 3 is 2.12 bits per heavy atom. The van der Waals surface area contributed by atoms with Crippen LogP contribution in [0, 0.1) is 5.92 Å². The molecule has 8 nitrogen and oxygen atoms in total. The number of amides is 2. The maximum atomic E-state index is 13.6. The second kappa shape index (κ2) is 13.0. The van der Waals surface area contributed by atoms with Crippen molar-refractivity contribution in [1.29, 1.82) is 0 Å².